The van der Waals surface area contributed by atoms with Crippen molar-refractivity contribution in [2.24, 2.45) is 5.92 Å². The number of ether oxygens (including phenoxy) is 2. The summed E-state index contributed by atoms with van der Waals surface area (Å²) in [6.45, 7) is 4.07. The average molecular weight is 251 g/mol. The van der Waals surface area contributed by atoms with Gasteiger partial charge in [-0.2, -0.15) is 9.97 Å². The monoisotopic (exact) mass is 251 g/mol. The Hall–Kier alpha value is -1.36. The van der Waals surface area contributed by atoms with Crippen LogP contribution >= 0.6 is 0 Å². The van der Waals surface area contributed by atoms with E-state index in [1.54, 1.807) is 14.2 Å². The second kappa shape index (κ2) is 6.00. The zero-order chi connectivity index (χ0) is 13.0. The van der Waals surface area contributed by atoms with Crippen LogP contribution in [0.4, 0.5) is 0 Å². The normalized spacial score (nSPS) is 19.6. The molecule has 18 heavy (non-hydrogen) atoms. The maximum Gasteiger partial charge on any atom is 0.223 e. The quantitative estimate of drug-likeness (QED) is 0.875. The van der Waals surface area contributed by atoms with Crippen molar-refractivity contribution in [2.45, 2.75) is 26.2 Å². The summed E-state index contributed by atoms with van der Waals surface area (Å²) in [4.78, 5) is 8.90. The largest absolute Gasteiger partial charge is 0.481 e. The van der Waals surface area contributed by atoms with Crippen molar-refractivity contribution in [1.29, 1.82) is 0 Å². The van der Waals surface area contributed by atoms with Crippen LogP contribution in [0.2, 0.25) is 0 Å². The minimum absolute atomic E-state index is 0.607. The standard InChI is InChI=1S/C13H21N3O2/c1-9-12(17-2)15-11(16-13(9)18-3)7-10-5-4-6-14-8-10/h10,14H,4-8H2,1-3H3. The molecule has 2 heterocycles. The molecule has 5 nitrogen and oxygen atoms in total. The molecule has 5 heteroatoms. The number of aromatic nitrogens is 2. The van der Waals surface area contributed by atoms with Crippen LogP contribution in [0, 0.1) is 12.8 Å². The lowest BCUT2D eigenvalue weighted by Gasteiger charge is -2.22. The molecule has 1 aromatic rings. The van der Waals surface area contributed by atoms with Gasteiger partial charge in [-0.1, -0.05) is 0 Å². The van der Waals surface area contributed by atoms with E-state index in [2.05, 4.69) is 15.3 Å². The van der Waals surface area contributed by atoms with E-state index in [-0.39, 0.29) is 0 Å². The van der Waals surface area contributed by atoms with Crippen molar-refractivity contribution in [3.63, 3.8) is 0 Å². The summed E-state index contributed by atoms with van der Waals surface area (Å²) in [5.74, 6) is 2.64. The Bertz CT molecular complexity index is 378. The molecule has 0 saturated carbocycles. The van der Waals surface area contributed by atoms with Gasteiger partial charge in [0.25, 0.3) is 0 Å². The second-order valence-electron chi connectivity index (χ2n) is 4.70. The number of hydrogen-bond donors (Lipinski definition) is 1. The Labute approximate surface area is 108 Å². The summed E-state index contributed by atoms with van der Waals surface area (Å²) < 4.78 is 10.5. The van der Waals surface area contributed by atoms with Crippen LogP contribution in [-0.2, 0) is 6.42 Å². The number of nitrogens with one attached hydrogen (secondary N) is 1. The maximum absolute atomic E-state index is 5.27. The molecule has 1 aliphatic heterocycles. The van der Waals surface area contributed by atoms with Gasteiger partial charge in [-0.05, 0) is 38.8 Å². The summed E-state index contributed by atoms with van der Waals surface area (Å²) in [7, 11) is 3.25. The van der Waals surface area contributed by atoms with Crippen LogP contribution in [0.15, 0.2) is 0 Å². The third kappa shape index (κ3) is 2.90. The number of methoxy groups -OCH3 is 2. The topological polar surface area (TPSA) is 56.3 Å². The highest BCUT2D eigenvalue weighted by Crippen LogP contribution is 2.25. The number of nitrogens with zero attached hydrogens (tertiary/aromatic N) is 2. The summed E-state index contributed by atoms with van der Waals surface area (Å²) in [5.41, 5.74) is 0.852. The highest BCUT2D eigenvalue weighted by molar-refractivity contribution is 5.34. The SMILES string of the molecule is COc1nc(CC2CCCNC2)nc(OC)c1C. The number of rotatable bonds is 4. The van der Waals surface area contributed by atoms with E-state index in [9.17, 15) is 0 Å². The second-order valence-corrected chi connectivity index (χ2v) is 4.70. The predicted octanol–water partition coefficient (Wildman–Crippen LogP) is 1.34. The van der Waals surface area contributed by atoms with Crippen LogP contribution in [-0.4, -0.2) is 37.3 Å². The molecule has 1 fully saturated rings. The van der Waals surface area contributed by atoms with Gasteiger partial charge in [0.05, 0.1) is 19.8 Å². The van der Waals surface area contributed by atoms with Gasteiger partial charge in [0.2, 0.25) is 11.8 Å². The van der Waals surface area contributed by atoms with Crippen molar-refractivity contribution >= 4 is 0 Å². The molecule has 0 amide bonds. The first-order valence-corrected chi connectivity index (χ1v) is 6.40. The van der Waals surface area contributed by atoms with Crippen molar-refractivity contribution in [3.05, 3.63) is 11.4 Å². The van der Waals surface area contributed by atoms with Gasteiger partial charge in [0.15, 0.2) is 0 Å². The Morgan fingerprint density at radius 1 is 1.22 bits per heavy atom. The third-order valence-electron chi connectivity index (χ3n) is 3.36. The van der Waals surface area contributed by atoms with Gasteiger partial charge in [-0.15, -0.1) is 0 Å². The van der Waals surface area contributed by atoms with Gasteiger partial charge in [0, 0.05) is 6.42 Å². The van der Waals surface area contributed by atoms with Gasteiger partial charge in [0.1, 0.15) is 5.82 Å². The molecule has 1 N–H and O–H groups in total. The lowest BCUT2D eigenvalue weighted by Crippen LogP contribution is -2.31. The van der Waals surface area contributed by atoms with E-state index >= 15 is 0 Å². The van der Waals surface area contributed by atoms with E-state index in [4.69, 9.17) is 9.47 Å². The van der Waals surface area contributed by atoms with Gasteiger partial charge in [-0.25, -0.2) is 0 Å². The van der Waals surface area contributed by atoms with Crippen molar-refractivity contribution in [1.82, 2.24) is 15.3 Å². The molecule has 0 spiro atoms. The zero-order valence-electron chi connectivity index (χ0n) is 11.3. The van der Waals surface area contributed by atoms with Crippen LogP contribution in [0.25, 0.3) is 0 Å². The molecule has 1 saturated heterocycles. The Balaban J connectivity index is 2.16. The van der Waals surface area contributed by atoms with Gasteiger partial charge >= 0.3 is 0 Å². The first kappa shape index (κ1) is 13.1. The molecule has 0 aliphatic carbocycles. The molecular formula is C13H21N3O2. The van der Waals surface area contributed by atoms with E-state index in [1.165, 1.54) is 12.8 Å². The minimum Gasteiger partial charge on any atom is -0.481 e. The first-order chi connectivity index (χ1) is 8.74. The fourth-order valence-corrected chi connectivity index (χ4v) is 2.36. The zero-order valence-corrected chi connectivity index (χ0v) is 11.3. The molecule has 0 aromatic carbocycles. The molecule has 100 valence electrons. The van der Waals surface area contributed by atoms with Crippen LogP contribution in [0.1, 0.15) is 24.2 Å². The Kier molecular flexibility index (Phi) is 4.36. The lowest BCUT2D eigenvalue weighted by molar-refractivity contribution is 0.346. The molecular weight excluding hydrogens is 230 g/mol. The third-order valence-corrected chi connectivity index (χ3v) is 3.36. The van der Waals surface area contributed by atoms with E-state index < -0.39 is 0 Å². The number of piperidine rings is 1. The lowest BCUT2D eigenvalue weighted by atomic mass is 9.96. The summed E-state index contributed by atoms with van der Waals surface area (Å²) in [6.07, 6.45) is 3.33. The van der Waals surface area contributed by atoms with Crippen molar-refractivity contribution in [3.8, 4) is 11.8 Å². The first-order valence-electron chi connectivity index (χ1n) is 6.40. The fourth-order valence-electron chi connectivity index (χ4n) is 2.36. The minimum atomic E-state index is 0.607. The van der Waals surface area contributed by atoms with Crippen LogP contribution in [0.3, 0.4) is 0 Å². The number of hydrogen-bond acceptors (Lipinski definition) is 5. The fraction of sp³-hybridized carbons (Fsp3) is 0.692. The molecule has 1 unspecified atom stereocenters. The maximum atomic E-state index is 5.27. The summed E-state index contributed by atoms with van der Waals surface area (Å²) in [6, 6.07) is 0. The van der Waals surface area contributed by atoms with Crippen molar-refractivity contribution < 1.29 is 9.47 Å². The van der Waals surface area contributed by atoms with Gasteiger partial charge < -0.3 is 14.8 Å². The van der Waals surface area contributed by atoms with E-state index in [1.807, 2.05) is 6.92 Å². The van der Waals surface area contributed by atoms with Crippen LogP contribution < -0.4 is 14.8 Å². The molecule has 1 atom stereocenters. The Morgan fingerprint density at radius 3 is 2.39 bits per heavy atom. The molecule has 1 aliphatic rings. The molecule has 0 radical (unpaired) electrons. The highest BCUT2D eigenvalue weighted by atomic mass is 16.5. The molecule has 0 bridgehead atoms. The molecule has 1 aromatic heterocycles. The van der Waals surface area contributed by atoms with E-state index in [0.717, 1.165) is 30.9 Å². The predicted molar refractivity (Wildman–Crippen MR) is 69.2 cm³/mol. The van der Waals surface area contributed by atoms with Crippen molar-refractivity contribution in [2.75, 3.05) is 27.3 Å². The summed E-state index contributed by atoms with van der Waals surface area (Å²) in [5, 5.41) is 3.41. The van der Waals surface area contributed by atoms with Gasteiger partial charge in [-0.3, -0.25) is 0 Å². The average Bonchev–Trinajstić information content (AvgIpc) is 2.41. The smallest absolute Gasteiger partial charge is 0.223 e. The van der Waals surface area contributed by atoms with Crippen LogP contribution in [0.5, 0.6) is 11.8 Å². The Morgan fingerprint density at radius 2 is 1.89 bits per heavy atom. The van der Waals surface area contributed by atoms with E-state index in [0.29, 0.717) is 17.7 Å². The molecule has 2 rings (SSSR count). The highest BCUT2D eigenvalue weighted by Gasteiger charge is 2.18. The summed E-state index contributed by atoms with van der Waals surface area (Å²) >= 11 is 0.